The van der Waals surface area contributed by atoms with Gasteiger partial charge in [0.1, 0.15) is 13.1 Å². The molecular weight excluding hydrogens is 500 g/mol. The number of rotatable bonds is 6. The maximum Gasteiger partial charge on any atom is 0.263 e. The Kier molecular flexibility index (Phi) is 7.11. The molecule has 0 unspecified atom stereocenters. The average molecular weight is 529 g/mol. The number of anilines is 2. The number of carbonyl (C=O) groups excluding carboxylic acids is 2. The number of hydrogen-bond acceptors (Lipinski definition) is 7. The second kappa shape index (κ2) is 10.1. The molecule has 4 aromatic rings. The zero-order chi connectivity index (χ0) is 24.6. The van der Waals surface area contributed by atoms with Gasteiger partial charge in [0.2, 0.25) is 11.8 Å². The van der Waals surface area contributed by atoms with Crippen LogP contribution in [0.3, 0.4) is 0 Å². The van der Waals surface area contributed by atoms with Crippen molar-refractivity contribution in [1.29, 1.82) is 0 Å². The molecule has 0 aliphatic carbocycles. The number of amides is 2. The van der Waals surface area contributed by atoms with E-state index in [0.717, 1.165) is 16.5 Å². The lowest BCUT2D eigenvalue weighted by atomic mass is 10.2. The summed E-state index contributed by atoms with van der Waals surface area (Å²) in [6, 6.07) is 14.0. The molecule has 3 heterocycles. The van der Waals surface area contributed by atoms with Gasteiger partial charge >= 0.3 is 0 Å². The minimum absolute atomic E-state index is 0. The maximum atomic E-state index is 13.0. The molecule has 2 aromatic heterocycles. The number of para-hydroxylation sites is 1. The van der Waals surface area contributed by atoms with Gasteiger partial charge in [-0.1, -0.05) is 18.2 Å². The molecule has 0 radical (unpaired) electrons. The Hall–Kier alpha value is -3.74. The van der Waals surface area contributed by atoms with E-state index in [1.54, 1.807) is 27.3 Å². The lowest BCUT2D eigenvalue weighted by Crippen LogP contribution is -2.53. The number of fused-ring (bicyclic) bond motifs is 1. The number of nitrogens with zero attached hydrogens (tertiary/aromatic N) is 4. The zero-order valence-electron chi connectivity index (χ0n) is 19.6. The second-order valence-electron chi connectivity index (χ2n) is 8.25. The number of sulfonamides is 1. The first-order valence-electron chi connectivity index (χ1n) is 11.0. The summed E-state index contributed by atoms with van der Waals surface area (Å²) in [5, 5.41) is 3.07. The number of thiazole rings is 1. The van der Waals surface area contributed by atoms with Crippen molar-refractivity contribution in [3.63, 3.8) is 0 Å². The van der Waals surface area contributed by atoms with Crippen LogP contribution in [-0.4, -0.2) is 54.3 Å². The minimum Gasteiger partial charge on any atom is -0.344 e. The van der Waals surface area contributed by atoms with Crippen molar-refractivity contribution in [3.05, 3.63) is 71.9 Å². The molecule has 1 saturated heterocycles. The molecule has 0 atom stereocenters. The smallest absolute Gasteiger partial charge is 0.263 e. The van der Waals surface area contributed by atoms with Gasteiger partial charge in [0.15, 0.2) is 5.13 Å². The van der Waals surface area contributed by atoms with E-state index in [0.29, 0.717) is 18.8 Å². The standard InChI is InChI=1S/C24H23N5O4S2.H3N.H2/c1-17-14-28(21-5-3-2-4-20(17)21)15-22(30)27-11-12-29(23(31)16-27)18-6-8-19(9-7-18)35(32,33)26-24-25-10-13-34-24;;/h2-10,13-14H,11-12,15-16H2,1H3,(H,25,26);1H3;1H. The third-order valence-corrected chi connectivity index (χ3v) is 8.15. The van der Waals surface area contributed by atoms with Gasteiger partial charge in [0.05, 0.1) is 4.90 Å². The van der Waals surface area contributed by atoms with Crippen LogP contribution < -0.4 is 15.8 Å². The normalized spacial score (nSPS) is 14.1. The van der Waals surface area contributed by atoms with Gasteiger partial charge in [-0.3, -0.25) is 14.3 Å². The molecule has 1 fully saturated rings. The van der Waals surface area contributed by atoms with E-state index in [2.05, 4.69) is 9.71 Å². The highest BCUT2D eigenvalue weighted by Crippen LogP contribution is 2.24. The highest BCUT2D eigenvalue weighted by molar-refractivity contribution is 7.93. The molecule has 12 heteroatoms. The van der Waals surface area contributed by atoms with Gasteiger partial charge in [-0.25, -0.2) is 13.4 Å². The molecule has 0 spiro atoms. The van der Waals surface area contributed by atoms with Gasteiger partial charge in [0.25, 0.3) is 10.0 Å². The molecule has 2 amide bonds. The Labute approximate surface area is 214 Å². The topological polar surface area (TPSA) is 140 Å². The third kappa shape index (κ3) is 4.96. The summed E-state index contributed by atoms with van der Waals surface area (Å²) in [7, 11) is -3.77. The quantitative estimate of drug-likeness (QED) is 0.393. The van der Waals surface area contributed by atoms with E-state index >= 15 is 0 Å². The molecule has 0 bridgehead atoms. The van der Waals surface area contributed by atoms with E-state index in [4.69, 9.17) is 0 Å². The SMILES string of the molecule is Cc1cn(CC(=O)N2CCN(c3ccc(S(=O)(=O)Nc4nccs4)cc3)C(=O)C2)c2ccccc12.N.[HH]. The molecule has 0 saturated carbocycles. The Morgan fingerprint density at radius 3 is 2.58 bits per heavy atom. The van der Waals surface area contributed by atoms with Crippen molar-refractivity contribution < 1.29 is 19.4 Å². The molecule has 10 nitrogen and oxygen atoms in total. The second-order valence-corrected chi connectivity index (χ2v) is 10.8. The largest absolute Gasteiger partial charge is 0.344 e. The van der Waals surface area contributed by atoms with Crippen LogP contribution >= 0.6 is 11.3 Å². The van der Waals surface area contributed by atoms with Gasteiger partial charge in [-0.2, -0.15) is 0 Å². The van der Waals surface area contributed by atoms with Crippen molar-refractivity contribution >= 4 is 54.9 Å². The lowest BCUT2D eigenvalue weighted by molar-refractivity contribution is -0.137. The summed E-state index contributed by atoms with van der Waals surface area (Å²) in [6.45, 7) is 2.88. The maximum absolute atomic E-state index is 13.0. The summed E-state index contributed by atoms with van der Waals surface area (Å²) in [6.07, 6.45) is 3.48. The van der Waals surface area contributed by atoms with E-state index in [1.165, 1.54) is 29.7 Å². The van der Waals surface area contributed by atoms with Gasteiger partial charge in [0, 0.05) is 48.9 Å². The summed E-state index contributed by atoms with van der Waals surface area (Å²) >= 11 is 1.19. The number of aryl methyl sites for hydroxylation is 1. The Morgan fingerprint density at radius 1 is 1.14 bits per heavy atom. The molecule has 4 N–H and O–H groups in total. The van der Waals surface area contributed by atoms with Crippen LogP contribution in [0.1, 0.15) is 6.99 Å². The predicted molar refractivity (Wildman–Crippen MR) is 142 cm³/mol. The van der Waals surface area contributed by atoms with Crippen molar-refractivity contribution in [2.24, 2.45) is 0 Å². The summed E-state index contributed by atoms with van der Waals surface area (Å²) in [5.74, 6) is -0.330. The fourth-order valence-corrected chi connectivity index (χ4v) is 6.01. The highest BCUT2D eigenvalue weighted by atomic mass is 32.2. The summed E-state index contributed by atoms with van der Waals surface area (Å²) in [5.41, 5.74) is 2.67. The number of aromatic nitrogens is 2. The number of benzene rings is 2. The molecule has 36 heavy (non-hydrogen) atoms. The fraction of sp³-hybridized carbons (Fsp3) is 0.208. The van der Waals surface area contributed by atoms with Crippen molar-refractivity contribution in [2.45, 2.75) is 18.4 Å². The molecule has 1 aliphatic rings. The van der Waals surface area contributed by atoms with Crippen molar-refractivity contribution in [2.75, 3.05) is 29.3 Å². The Bertz CT molecular complexity index is 1500. The first kappa shape index (κ1) is 25.4. The minimum atomic E-state index is -3.77. The predicted octanol–water partition coefficient (Wildman–Crippen LogP) is 3.49. The first-order chi connectivity index (χ1) is 16.8. The van der Waals surface area contributed by atoms with E-state index in [-0.39, 0.29) is 42.5 Å². The van der Waals surface area contributed by atoms with Crippen LogP contribution in [0, 0.1) is 6.92 Å². The fourth-order valence-electron chi connectivity index (χ4n) is 4.22. The Morgan fingerprint density at radius 2 is 1.89 bits per heavy atom. The van der Waals surface area contributed by atoms with Crippen LogP contribution in [0.2, 0.25) is 0 Å². The van der Waals surface area contributed by atoms with Crippen LogP contribution in [0.25, 0.3) is 10.9 Å². The lowest BCUT2D eigenvalue weighted by Gasteiger charge is -2.34. The third-order valence-electron chi connectivity index (χ3n) is 5.98. The van der Waals surface area contributed by atoms with Crippen LogP contribution in [-0.2, 0) is 26.2 Å². The molecule has 1 aliphatic heterocycles. The number of carbonyl (C=O) groups is 2. The van der Waals surface area contributed by atoms with E-state index in [1.807, 2.05) is 42.0 Å². The van der Waals surface area contributed by atoms with Crippen molar-refractivity contribution in [1.82, 2.24) is 20.6 Å². The van der Waals surface area contributed by atoms with Gasteiger partial charge in [-0.05, 0) is 42.8 Å². The van der Waals surface area contributed by atoms with Crippen LogP contribution in [0.4, 0.5) is 10.8 Å². The number of piperazine rings is 1. The number of nitrogens with one attached hydrogen (secondary N) is 1. The molecular formula is C24H28N6O4S2. The highest BCUT2D eigenvalue weighted by Gasteiger charge is 2.28. The number of hydrogen-bond donors (Lipinski definition) is 2. The van der Waals surface area contributed by atoms with Crippen LogP contribution in [0.5, 0.6) is 0 Å². The average Bonchev–Trinajstić information content (AvgIpc) is 3.46. The monoisotopic (exact) mass is 528 g/mol. The summed E-state index contributed by atoms with van der Waals surface area (Å²) < 4.78 is 29.4. The molecule has 190 valence electrons. The van der Waals surface area contributed by atoms with Gasteiger partial charge in [-0.15, -0.1) is 11.3 Å². The van der Waals surface area contributed by atoms with Crippen molar-refractivity contribution in [3.8, 4) is 0 Å². The first-order valence-corrected chi connectivity index (χ1v) is 13.3. The van der Waals surface area contributed by atoms with E-state index < -0.39 is 10.0 Å². The summed E-state index contributed by atoms with van der Waals surface area (Å²) in [4.78, 5) is 33.0. The molecule has 5 rings (SSSR count). The Balaban J connectivity index is 0.00000190. The van der Waals surface area contributed by atoms with E-state index in [9.17, 15) is 18.0 Å². The molecule has 2 aromatic carbocycles. The van der Waals surface area contributed by atoms with Crippen LogP contribution in [0.15, 0.2) is 71.2 Å². The van der Waals surface area contributed by atoms with Gasteiger partial charge < -0.3 is 20.5 Å². The zero-order valence-corrected chi connectivity index (χ0v) is 21.3.